The maximum Gasteiger partial charge on any atom is 0.513 e. The Morgan fingerprint density at radius 1 is 1.52 bits per heavy atom. The second-order valence-electron chi connectivity index (χ2n) is 4.01. The fourth-order valence-electron chi connectivity index (χ4n) is 1.78. The van der Waals surface area contributed by atoms with Crippen molar-refractivity contribution < 1.29 is 24.3 Å². The molecule has 2 rings (SSSR count). The second-order valence-corrected chi connectivity index (χ2v) is 4.01. The molecule has 1 aromatic carbocycles. The Labute approximate surface area is 118 Å². The minimum Gasteiger partial charge on any atom is -0.497 e. The number of nitrogens with one attached hydrogen (secondary N) is 1. The first kappa shape index (κ1) is 14.3. The molecule has 1 heterocycles. The quantitative estimate of drug-likeness (QED) is 0.490. The first-order chi connectivity index (χ1) is 9.99. The van der Waals surface area contributed by atoms with Gasteiger partial charge in [0.2, 0.25) is 0 Å². The summed E-state index contributed by atoms with van der Waals surface area (Å²) in [4.78, 5) is 27.2. The molecule has 0 radical (unpaired) electrons. The van der Waals surface area contributed by atoms with Gasteiger partial charge < -0.3 is 19.6 Å². The summed E-state index contributed by atoms with van der Waals surface area (Å²) in [5.41, 5.74) is 0.818. The van der Waals surface area contributed by atoms with E-state index < -0.39 is 11.1 Å². The number of hydrogen-bond donors (Lipinski definition) is 2. The van der Waals surface area contributed by atoms with Crippen LogP contribution in [0.2, 0.25) is 0 Å². The molecule has 0 unspecified atom stereocenters. The Kier molecular flexibility index (Phi) is 4.02. The third kappa shape index (κ3) is 3.47. The Bertz CT molecular complexity index is 681. The van der Waals surface area contributed by atoms with Crippen LogP contribution in [0.15, 0.2) is 24.4 Å². The minimum atomic E-state index is -1.50. The number of rotatable bonds is 5. The van der Waals surface area contributed by atoms with E-state index in [2.05, 4.69) is 14.7 Å². The van der Waals surface area contributed by atoms with Crippen LogP contribution in [-0.4, -0.2) is 33.3 Å². The third-order valence-electron chi connectivity index (χ3n) is 2.65. The molecule has 9 nitrogen and oxygen atoms in total. The molecule has 1 aromatic heterocycles. The minimum absolute atomic E-state index is 0.0638. The number of ether oxygens (including phenoxy) is 2. The summed E-state index contributed by atoms with van der Waals surface area (Å²) in [6.45, 7) is 0. The van der Waals surface area contributed by atoms with Crippen LogP contribution < -0.4 is 9.47 Å². The van der Waals surface area contributed by atoms with Crippen molar-refractivity contribution in [1.29, 1.82) is 0 Å². The first-order valence-corrected chi connectivity index (χ1v) is 5.75. The fraction of sp³-hybridized carbons (Fsp3) is 0.167. The van der Waals surface area contributed by atoms with Crippen LogP contribution in [0.1, 0.15) is 11.3 Å². The normalized spacial score (nSPS) is 10.1. The Morgan fingerprint density at radius 3 is 2.90 bits per heavy atom. The molecule has 0 fully saturated rings. The molecule has 0 aliphatic rings. The lowest BCUT2D eigenvalue weighted by Gasteiger charge is -2.04. The summed E-state index contributed by atoms with van der Waals surface area (Å²) >= 11 is 0. The van der Waals surface area contributed by atoms with Gasteiger partial charge in [-0.15, -0.1) is 0 Å². The van der Waals surface area contributed by atoms with Gasteiger partial charge in [0.05, 0.1) is 18.2 Å². The predicted octanol–water partition coefficient (Wildman–Crippen LogP) is 1.97. The lowest BCUT2D eigenvalue weighted by molar-refractivity contribution is -0.385. The maximum absolute atomic E-state index is 11.0. The van der Waals surface area contributed by atoms with Gasteiger partial charge in [-0.05, 0) is 12.1 Å². The van der Waals surface area contributed by atoms with Crippen molar-refractivity contribution in [3.8, 4) is 11.8 Å². The molecular formula is C12H11N3O6. The molecule has 0 saturated carbocycles. The number of carbonyl (C=O) groups is 1. The van der Waals surface area contributed by atoms with Crippen molar-refractivity contribution in [3.05, 3.63) is 45.8 Å². The van der Waals surface area contributed by atoms with Gasteiger partial charge in [0.25, 0.3) is 5.69 Å². The summed E-state index contributed by atoms with van der Waals surface area (Å²) < 4.78 is 9.38. The Morgan fingerprint density at radius 2 is 2.29 bits per heavy atom. The molecule has 0 bridgehead atoms. The van der Waals surface area contributed by atoms with Gasteiger partial charge in [0, 0.05) is 23.7 Å². The number of carboxylic acid groups (broad SMARTS) is 1. The number of nitro benzene ring substituents is 1. The van der Waals surface area contributed by atoms with Crippen LogP contribution in [0.5, 0.6) is 11.8 Å². The molecule has 0 aliphatic carbocycles. The molecular weight excluding hydrogens is 282 g/mol. The number of benzene rings is 1. The first-order valence-electron chi connectivity index (χ1n) is 5.75. The smallest absolute Gasteiger partial charge is 0.497 e. The van der Waals surface area contributed by atoms with Crippen molar-refractivity contribution in [2.45, 2.75) is 6.42 Å². The van der Waals surface area contributed by atoms with Gasteiger partial charge in [-0.3, -0.25) is 10.1 Å². The Balaban J connectivity index is 2.27. The lowest BCUT2D eigenvalue weighted by atomic mass is 10.1. The molecule has 0 amide bonds. The summed E-state index contributed by atoms with van der Waals surface area (Å²) in [6.07, 6.45) is 0.00795. The van der Waals surface area contributed by atoms with E-state index in [9.17, 15) is 14.9 Å². The number of aromatic amines is 1. The zero-order valence-electron chi connectivity index (χ0n) is 10.9. The van der Waals surface area contributed by atoms with E-state index in [1.807, 2.05) is 0 Å². The number of nitro groups is 1. The summed E-state index contributed by atoms with van der Waals surface area (Å²) in [5.74, 6) is 0.483. The van der Waals surface area contributed by atoms with Crippen LogP contribution in [0, 0.1) is 10.1 Å². The zero-order valence-corrected chi connectivity index (χ0v) is 10.9. The second kappa shape index (κ2) is 5.90. The van der Waals surface area contributed by atoms with Crippen LogP contribution in [0.4, 0.5) is 10.5 Å². The summed E-state index contributed by atoms with van der Waals surface area (Å²) in [5, 5.41) is 19.5. The van der Waals surface area contributed by atoms with E-state index in [-0.39, 0.29) is 18.1 Å². The number of nitrogens with zero attached hydrogens (tertiary/aromatic N) is 2. The van der Waals surface area contributed by atoms with Gasteiger partial charge in [0.15, 0.2) is 0 Å². The average Bonchev–Trinajstić information content (AvgIpc) is 2.84. The molecule has 0 spiro atoms. The molecule has 0 aliphatic heterocycles. The van der Waals surface area contributed by atoms with E-state index >= 15 is 0 Å². The zero-order chi connectivity index (χ0) is 15.4. The number of methoxy groups -OCH3 is 1. The highest BCUT2D eigenvalue weighted by molar-refractivity contribution is 5.59. The third-order valence-corrected chi connectivity index (χ3v) is 2.65. The molecule has 0 atom stereocenters. The van der Waals surface area contributed by atoms with Crippen LogP contribution in [0.3, 0.4) is 0 Å². The molecule has 2 aromatic rings. The largest absolute Gasteiger partial charge is 0.513 e. The van der Waals surface area contributed by atoms with Crippen molar-refractivity contribution >= 4 is 11.8 Å². The highest BCUT2D eigenvalue weighted by atomic mass is 16.7. The number of hydrogen-bond acceptors (Lipinski definition) is 6. The van der Waals surface area contributed by atoms with Gasteiger partial charge >= 0.3 is 12.2 Å². The maximum atomic E-state index is 11.0. The predicted molar refractivity (Wildman–Crippen MR) is 69.7 cm³/mol. The Hall–Kier alpha value is -3.10. The molecule has 0 saturated heterocycles. The van der Waals surface area contributed by atoms with Crippen LogP contribution in [-0.2, 0) is 6.42 Å². The van der Waals surface area contributed by atoms with E-state index in [0.717, 1.165) is 0 Å². The lowest BCUT2D eigenvalue weighted by Crippen LogP contribution is -2.04. The van der Waals surface area contributed by atoms with E-state index in [1.54, 1.807) is 0 Å². The topological polar surface area (TPSA) is 128 Å². The molecule has 110 valence electrons. The van der Waals surface area contributed by atoms with Gasteiger partial charge in [-0.2, -0.15) is 0 Å². The van der Waals surface area contributed by atoms with E-state index in [1.165, 1.54) is 31.5 Å². The van der Waals surface area contributed by atoms with Gasteiger partial charge in [-0.1, -0.05) is 0 Å². The van der Waals surface area contributed by atoms with Crippen molar-refractivity contribution in [3.63, 3.8) is 0 Å². The number of aromatic nitrogens is 2. The monoisotopic (exact) mass is 293 g/mol. The number of imidazole rings is 1. The summed E-state index contributed by atoms with van der Waals surface area (Å²) in [6, 6.07) is 4.19. The molecule has 2 N–H and O–H groups in total. The molecule has 9 heteroatoms. The fourth-order valence-corrected chi connectivity index (χ4v) is 1.78. The van der Waals surface area contributed by atoms with Crippen LogP contribution >= 0.6 is 0 Å². The standard InChI is InChI=1S/C12H11N3O6/c1-20-9-2-3-10(15(18)19)7(5-9)4-8-6-13-11(14-8)21-12(16)17/h2-3,5-6H,4H2,1H3,(H,13,14)(H,16,17). The SMILES string of the molecule is COc1ccc([N+](=O)[O-])c(Cc2cnc(OC(=O)O)[nH]2)c1. The van der Waals surface area contributed by atoms with Crippen LogP contribution in [0.25, 0.3) is 0 Å². The molecule has 21 heavy (non-hydrogen) atoms. The van der Waals surface area contributed by atoms with Gasteiger partial charge in [0.1, 0.15) is 5.75 Å². The highest BCUT2D eigenvalue weighted by Crippen LogP contribution is 2.26. The summed E-state index contributed by atoms with van der Waals surface area (Å²) in [7, 11) is 1.46. The van der Waals surface area contributed by atoms with E-state index in [0.29, 0.717) is 17.0 Å². The van der Waals surface area contributed by atoms with E-state index in [4.69, 9.17) is 9.84 Å². The average molecular weight is 293 g/mol. The van der Waals surface area contributed by atoms with Crippen molar-refractivity contribution in [2.24, 2.45) is 0 Å². The van der Waals surface area contributed by atoms with Crippen molar-refractivity contribution in [1.82, 2.24) is 9.97 Å². The van der Waals surface area contributed by atoms with Crippen molar-refractivity contribution in [2.75, 3.05) is 7.11 Å². The highest BCUT2D eigenvalue weighted by Gasteiger charge is 2.16. The number of H-pyrrole nitrogens is 1. The van der Waals surface area contributed by atoms with Gasteiger partial charge in [-0.25, -0.2) is 9.78 Å².